The minimum Gasteiger partial charge on any atom is -0.477 e. The van der Waals surface area contributed by atoms with E-state index in [9.17, 15) is 22.8 Å². The Labute approximate surface area is 99.8 Å². The summed E-state index contributed by atoms with van der Waals surface area (Å²) in [6, 6.07) is -1.12. The van der Waals surface area contributed by atoms with Crippen LogP contribution < -0.4 is 5.32 Å². The maximum atomic E-state index is 12.0. The number of hydrogen-bond acceptors (Lipinski definition) is 4. The van der Waals surface area contributed by atoms with Crippen molar-refractivity contribution in [3.05, 3.63) is 0 Å². The van der Waals surface area contributed by atoms with Gasteiger partial charge in [-0.25, -0.2) is 4.79 Å². The van der Waals surface area contributed by atoms with Crippen LogP contribution in [0.25, 0.3) is 0 Å². The molecule has 9 heteroatoms. The maximum absolute atomic E-state index is 12.0. The first kappa shape index (κ1) is 14.3. The zero-order chi connectivity index (χ0) is 13.9. The minimum atomic E-state index is -4.38. The summed E-state index contributed by atoms with van der Waals surface area (Å²) in [6.45, 7) is 1.19. The molecule has 1 aliphatic heterocycles. The highest BCUT2D eigenvalue weighted by Gasteiger charge is 2.35. The molecule has 6 nitrogen and oxygen atoms in total. The molecule has 0 spiro atoms. The average Bonchev–Trinajstić information content (AvgIpc) is 2.62. The quantitative estimate of drug-likeness (QED) is 0.784. The third-order valence-electron chi connectivity index (χ3n) is 2.13. The van der Waals surface area contributed by atoms with Crippen LogP contribution >= 0.6 is 0 Å². The Balaban J connectivity index is 2.42. The van der Waals surface area contributed by atoms with Crippen molar-refractivity contribution in [1.29, 1.82) is 0 Å². The monoisotopic (exact) mass is 268 g/mol. The molecule has 1 rings (SSSR count). The first-order valence-electron chi connectivity index (χ1n) is 5.02. The zero-order valence-corrected chi connectivity index (χ0v) is 9.32. The van der Waals surface area contributed by atoms with Gasteiger partial charge in [0, 0.05) is 12.5 Å². The summed E-state index contributed by atoms with van der Waals surface area (Å²) >= 11 is 0. The van der Waals surface area contributed by atoms with Gasteiger partial charge in [0.2, 0.25) is 6.10 Å². The molecule has 102 valence electrons. The molecule has 0 saturated carbocycles. The number of amides is 1. The average molecular weight is 268 g/mol. The van der Waals surface area contributed by atoms with E-state index in [0.29, 0.717) is 0 Å². The Morgan fingerprint density at radius 3 is 2.67 bits per heavy atom. The van der Waals surface area contributed by atoms with Crippen LogP contribution in [0.4, 0.5) is 13.2 Å². The number of aliphatic carboxylic acids is 1. The van der Waals surface area contributed by atoms with Crippen LogP contribution in [-0.4, -0.2) is 41.0 Å². The van der Waals surface area contributed by atoms with E-state index in [1.807, 2.05) is 0 Å². The summed E-state index contributed by atoms with van der Waals surface area (Å²) in [5, 5.41) is 13.8. The highest BCUT2D eigenvalue weighted by molar-refractivity contribution is 6.36. The summed E-state index contributed by atoms with van der Waals surface area (Å²) in [6.07, 6.45) is -7.00. The lowest BCUT2D eigenvalue weighted by Gasteiger charge is -2.17. The molecule has 1 aliphatic rings. The van der Waals surface area contributed by atoms with E-state index >= 15 is 0 Å². The van der Waals surface area contributed by atoms with Crippen LogP contribution in [-0.2, 0) is 14.4 Å². The standard InChI is InChI=1S/C9H11F3N2O4/c1-4(3-9(10,11)12)13-7(15)6-2-5(8(16)17)14-18-6/h4,6H,2-3H2,1H3,(H,13,15)(H,16,17). The Morgan fingerprint density at radius 1 is 1.61 bits per heavy atom. The highest BCUT2D eigenvalue weighted by Crippen LogP contribution is 2.21. The predicted octanol–water partition coefficient (Wildman–Crippen LogP) is 0.673. The first-order valence-corrected chi connectivity index (χ1v) is 5.02. The van der Waals surface area contributed by atoms with E-state index in [-0.39, 0.29) is 12.1 Å². The number of hydrogen-bond donors (Lipinski definition) is 2. The topological polar surface area (TPSA) is 88.0 Å². The Morgan fingerprint density at radius 2 is 2.22 bits per heavy atom. The fourth-order valence-electron chi connectivity index (χ4n) is 1.38. The Kier molecular flexibility index (Phi) is 4.15. The number of oxime groups is 1. The molecule has 2 unspecified atom stereocenters. The van der Waals surface area contributed by atoms with Crippen LogP contribution in [0.15, 0.2) is 5.16 Å². The number of nitrogens with zero attached hydrogens (tertiary/aromatic N) is 1. The second kappa shape index (κ2) is 5.23. The summed E-state index contributed by atoms with van der Waals surface area (Å²) in [4.78, 5) is 26.5. The van der Waals surface area contributed by atoms with Crippen molar-refractivity contribution < 1.29 is 32.7 Å². The molecule has 0 fully saturated rings. The number of rotatable bonds is 4. The van der Waals surface area contributed by atoms with Gasteiger partial charge in [0.05, 0.1) is 6.42 Å². The van der Waals surface area contributed by atoms with E-state index in [1.54, 1.807) is 0 Å². The minimum absolute atomic E-state index is 0.264. The molecule has 0 aliphatic carbocycles. The smallest absolute Gasteiger partial charge is 0.391 e. The van der Waals surface area contributed by atoms with E-state index in [2.05, 4.69) is 15.3 Å². The van der Waals surface area contributed by atoms with Gasteiger partial charge in [0.15, 0.2) is 5.71 Å². The Hall–Kier alpha value is -1.80. The normalized spacial score (nSPS) is 20.9. The molecule has 0 aromatic rings. The van der Waals surface area contributed by atoms with E-state index < -0.39 is 36.6 Å². The van der Waals surface area contributed by atoms with Crippen LogP contribution in [0.3, 0.4) is 0 Å². The number of carboxylic acids is 1. The van der Waals surface area contributed by atoms with Crippen molar-refractivity contribution in [3.63, 3.8) is 0 Å². The molecule has 0 aromatic carbocycles. The molecule has 0 radical (unpaired) electrons. The molecule has 1 heterocycles. The van der Waals surface area contributed by atoms with Crippen molar-refractivity contribution in [2.75, 3.05) is 0 Å². The van der Waals surface area contributed by atoms with Crippen molar-refractivity contribution in [2.24, 2.45) is 5.16 Å². The molecule has 2 N–H and O–H groups in total. The highest BCUT2D eigenvalue weighted by atomic mass is 19.4. The van der Waals surface area contributed by atoms with Gasteiger partial charge in [-0.3, -0.25) is 4.79 Å². The van der Waals surface area contributed by atoms with Crippen LogP contribution in [0.5, 0.6) is 0 Å². The summed E-state index contributed by atoms with van der Waals surface area (Å²) in [7, 11) is 0. The van der Waals surface area contributed by atoms with Gasteiger partial charge in [0.25, 0.3) is 5.91 Å². The predicted molar refractivity (Wildman–Crippen MR) is 52.8 cm³/mol. The van der Waals surface area contributed by atoms with E-state index in [4.69, 9.17) is 5.11 Å². The largest absolute Gasteiger partial charge is 0.477 e. The van der Waals surface area contributed by atoms with E-state index in [1.165, 1.54) is 6.92 Å². The van der Waals surface area contributed by atoms with Crippen LogP contribution in [0.1, 0.15) is 19.8 Å². The number of alkyl halides is 3. The van der Waals surface area contributed by atoms with Gasteiger partial charge in [-0.2, -0.15) is 13.2 Å². The molecule has 2 atom stereocenters. The van der Waals surface area contributed by atoms with Gasteiger partial charge in [-0.05, 0) is 6.92 Å². The third-order valence-corrected chi connectivity index (χ3v) is 2.13. The first-order chi connectivity index (χ1) is 8.19. The molecule has 1 amide bonds. The van der Waals surface area contributed by atoms with Gasteiger partial charge < -0.3 is 15.3 Å². The number of carboxylic acid groups (broad SMARTS) is 1. The summed E-state index contributed by atoms with van der Waals surface area (Å²) in [5.41, 5.74) is -0.335. The fraction of sp³-hybridized carbons (Fsp3) is 0.667. The third kappa shape index (κ3) is 4.22. The number of nitrogens with one attached hydrogen (secondary N) is 1. The number of halogens is 3. The lowest BCUT2D eigenvalue weighted by atomic mass is 10.1. The summed E-state index contributed by atoms with van der Waals surface area (Å²) < 4.78 is 36.1. The van der Waals surface area contributed by atoms with Gasteiger partial charge in [0.1, 0.15) is 0 Å². The van der Waals surface area contributed by atoms with E-state index in [0.717, 1.165) is 0 Å². The van der Waals surface area contributed by atoms with Crippen molar-refractivity contribution >= 4 is 17.6 Å². The molecular formula is C9H11F3N2O4. The molecule has 0 saturated heterocycles. The van der Waals surface area contributed by atoms with Crippen molar-refractivity contribution in [2.45, 2.75) is 38.1 Å². The van der Waals surface area contributed by atoms with Crippen molar-refractivity contribution in [3.8, 4) is 0 Å². The van der Waals surface area contributed by atoms with Crippen LogP contribution in [0, 0.1) is 0 Å². The molecule has 18 heavy (non-hydrogen) atoms. The lowest BCUT2D eigenvalue weighted by molar-refractivity contribution is -0.144. The molecule has 0 aromatic heterocycles. The summed E-state index contributed by atoms with van der Waals surface area (Å²) in [5.74, 6) is -2.14. The molecule has 0 bridgehead atoms. The second-order valence-electron chi connectivity index (χ2n) is 3.87. The zero-order valence-electron chi connectivity index (χ0n) is 9.32. The van der Waals surface area contributed by atoms with Crippen molar-refractivity contribution in [1.82, 2.24) is 5.32 Å². The Bertz CT molecular complexity index is 380. The number of carbonyl (C=O) groups excluding carboxylic acids is 1. The van der Waals surface area contributed by atoms with Gasteiger partial charge in [-0.15, -0.1) is 0 Å². The fourth-order valence-corrected chi connectivity index (χ4v) is 1.38. The van der Waals surface area contributed by atoms with Gasteiger partial charge in [-0.1, -0.05) is 5.16 Å². The molecular weight excluding hydrogens is 257 g/mol. The lowest BCUT2D eigenvalue weighted by Crippen LogP contribution is -2.42. The van der Waals surface area contributed by atoms with Crippen LogP contribution in [0.2, 0.25) is 0 Å². The SMILES string of the molecule is CC(CC(F)(F)F)NC(=O)C1CC(C(=O)O)=NO1. The maximum Gasteiger partial charge on any atom is 0.391 e. The second-order valence-corrected chi connectivity index (χ2v) is 3.87. The van der Waals surface area contributed by atoms with Gasteiger partial charge >= 0.3 is 12.1 Å². The number of carbonyl (C=O) groups is 2.